The van der Waals surface area contributed by atoms with Crippen LogP contribution >= 0.6 is 0 Å². The maximum Gasteiger partial charge on any atom is 0.438 e. The summed E-state index contributed by atoms with van der Waals surface area (Å²) in [5.41, 5.74) is 3.60. The number of anilines is 1. The van der Waals surface area contributed by atoms with E-state index in [0.717, 1.165) is 27.5 Å². The van der Waals surface area contributed by atoms with E-state index in [-0.39, 0.29) is 0 Å². The molecule has 0 fully saturated rings. The maximum absolute atomic E-state index is 11.8. The lowest BCUT2D eigenvalue weighted by Crippen LogP contribution is -2.30. The fraction of sp³-hybridized carbons (Fsp3) is 0.278. The van der Waals surface area contributed by atoms with Crippen LogP contribution in [0.15, 0.2) is 42.5 Å². The van der Waals surface area contributed by atoms with Gasteiger partial charge >= 0.3 is 6.09 Å². The predicted molar refractivity (Wildman–Crippen MR) is 88.6 cm³/mol. The molecule has 0 spiro atoms. The van der Waals surface area contributed by atoms with Crippen molar-refractivity contribution < 1.29 is 19.1 Å². The van der Waals surface area contributed by atoms with E-state index in [1.54, 1.807) is 6.07 Å². The third-order valence-corrected chi connectivity index (χ3v) is 3.46. The number of benzene rings is 2. The highest BCUT2D eigenvalue weighted by Crippen LogP contribution is 2.25. The van der Waals surface area contributed by atoms with Gasteiger partial charge in [-0.1, -0.05) is 30.3 Å². The first-order valence-electron chi connectivity index (χ1n) is 7.27. The molecule has 0 N–H and O–H groups in total. The molecule has 0 saturated carbocycles. The molecule has 0 radical (unpaired) electrons. The van der Waals surface area contributed by atoms with Gasteiger partial charge in [0.15, 0.2) is 0 Å². The summed E-state index contributed by atoms with van der Waals surface area (Å²) in [6, 6.07) is 13.4. The molecule has 0 atom stereocenters. The molecule has 0 bridgehead atoms. The standard InChI is InChI=1S/C18H21NO4/c1-13-9-10-14(2)17(11-13)23-12-15-7-5-6-8-16(15)19(22-4)18(20)21-3/h5-11H,12H2,1-4H3. The Bertz CT molecular complexity index is 684. The van der Waals surface area contributed by atoms with Crippen LogP contribution in [0.2, 0.25) is 0 Å². The largest absolute Gasteiger partial charge is 0.489 e. The number of ether oxygens (including phenoxy) is 2. The quantitative estimate of drug-likeness (QED) is 0.782. The second kappa shape index (κ2) is 7.65. The molecule has 5 heteroatoms. The highest BCUT2D eigenvalue weighted by atomic mass is 16.7. The zero-order valence-corrected chi connectivity index (χ0v) is 13.8. The molecule has 1 amide bonds. The normalized spacial score (nSPS) is 10.3. The lowest BCUT2D eigenvalue weighted by molar-refractivity contribution is 0.115. The van der Waals surface area contributed by atoms with Crippen molar-refractivity contribution in [1.29, 1.82) is 0 Å². The molecule has 0 saturated heterocycles. The van der Waals surface area contributed by atoms with Gasteiger partial charge in [0.1, 0.15) is 12.4 Å². The van der Waals surface area contributed by atoms with Crippen LogP contribution in [0, 0.1) is 13.8 Å². The van der Waals surface area contributed by atoms with Crippen molar-refractivity contribution in [3.63, 3.8) is 0 Å². The lowest BCUT2D eigenvalue weighted by atomic mass is 10.1. The number of hydrogen-bond donors (Lipinski definition) is 0. The van der Waals surface area contributed by atoms with Gasteiger partial charge in [-0.05, 0) is 37.1 Å². The fourth-order valence-electron chi connectivity index (χ4n) is 2.20. The van der Waals surface area contributed by atoms with Crippen LogP contribution in [0.1, 0.15) is 16.7 Å². The molecule has 0 heterocycles. The number of carbonyl (C=O) groups excluding carboxylic acids is 1. The summed E-state index contributed by atoms with van der Waals surface area (Å²) in [6.07, 6.45) is -0.591. The number of hydrogen-bond acceptors (Lipinski definition) is 4. The lowest BCUT2D eigenvalue weighted by Gasteiger charge is -2.21. The average Bonchev–Trinajstić information content (AvgIpc) is 2.57. The highest BCUT2D eigenvalue weighted by molar-refractivity contribution is 5.86. The minimum absolute atomic E-state index is 0.317. The maximum atomic E-state index is 11.8. The van der Waals surface area contributed by atoms with Crippen molar-refractivity contribution in [3.8, 4) is 5.75 Å². The molecule has 122 valence electrons. The summed E-state index contributed by atoms with van der Waals surface area (Å²) in [5, 5.41) is 1.10. The fourth-order valence-corrected chi connectivity index (χ4v) is 2.20. The Hall–Kier alpha value is -2.53. The Balaban J connectivity index is 2.23. The number of nitrogens with zero attached hydrogens (tertiary/aromatic N) is 1. The number of amides is 1. The third-order valence-electron chi connectivity index (χ3n) is 3.46. The number of aryl methyl sites for hydroxylation is 2. The van der Waals surface area contributed by atoms with Crippen LogP contribution in [-0.4, -0.2) is 20.3 Å². The Morgan fingerprint density at radius 1 is 1.09 bits per heavy atom. The molecular formula is C18H21NO4. The number of rotatable bonds is 5. The van der Waals surface area contributed by atoms with Gasteiger partial charge in [-0.25, -0.2) is 4.79 Å². The first-order valence-corrected chi connectivity index (χ1v) is 7.27. The summed E-state index contributed by atoms with van der Waals surface area (Å²) < 4.78 is 10.6. The predicted octanol–water partition coefficient (Wildman–Crippen LogP) is 4.02. The molecule has 2 aromatic rings. The van der Waals surface area contributed by atoms with Gasteiger partial charge in [-0.15, -0.1) is 0 Å². The van der Waals surface area contributed by atoms with Gasteiger partial charge < -0.3 is 9.47 Å². The first-order chi connectivity index (χ1) is 11.1. The smallest absolute Gasteiger partial charge is 0.438 e. The molecule has 23 heavy (non-hydrogen) atoms. The zero-order valence-electron chi connectivity index (χ0n) is 13.8. The Morgan fingerprint density at radius 2 is 1.83 bits per heavy atom. The molecular weight excluding hydrogens is 294 g/mol. The van der Waals surface area contributed by atoms with Crippen LogP contribution in [0.3, 0.4) is 0 Å². The van der Waals surface area contributed by atoms with Crippen molar-refractivity contribution in [2.75, 3.05) is 19.3 Å². The van der Waals surface area contributed by atoms with Gasteiger partial charge in [0.25, 0.3) is 0 Å². The minimum Gasteiger partial charge on any atom is -0.489 e. The Morgan fingerprint density at radius 3 is 2.52 bits per heavy atom. The molecule has 0 aliphatic carbocycles. The van der Waals surface area contributed by atoms with E-state index in [4.69, 9.17) is 14.3 Å². The van der Waals surface area contributed by atoms with Crippen molar-refractivity contribution in [3.05, 3.63) is 59.2 Å². The van der Waals surface area contributed by atoms with Gasteiger partial charge in [0, 0.05) is 5.56 Å². The van der Waals surface area contributed by atoms with Crippen LogP contribution in [0.4, 0.5) is 10.5 Å². The van der Waals surface area contributed by atoms with E-state index in [1.807, 2.05) is 50.2 Å². The summed E-state index contributed by atoms with van der Waals surface area (Å²) in [5.74, 6) is 0.821. The van der Waals surface area contributed by atoms with Crippen LogP contribution in [0.25, 0.3) is 0 Å². The molecule has 0 aliphatic heterocycles. The van der Waals surface area contributed by atoms with Crippen LogP contribution in [-0.2, 0) is 16.2 Å². The summed E-state index contributed by atoms with van der Waals surface area (Å²) >= 11 is 0. The van der Waals surface area contributed by atoms with Gasteiger partial charge in [-0.2, -0.15) is 5.06 Å². The van der Waals surface area contributed by atoms with E-state index < -0.39 is 6.09 Å². The van der Waals surface area contributed by atoms with E-state index >= 15 is 0 Å². The molecule has 0 unspecified atom stereocenters. The van der Waals surface area contributed by atoms with Gasteiger partial charge in [0.05, 0.1) is 19.9 Å². The Kier molecular flexibility index (Phi) is 5.60. The number of methoxy groups -OCH3 is 1. The van der Waals surface area contributed by atoms with Crippen molar-refractivity contribution in [2.45, 2.75) is 20.5 Å². The number of carbonyl (C=O) groups is 1. The van der Waals surface area contributed by atoms with Crippen molar-refractivity contribution >= 4 is 11.8 Å². The molecule has 0 aliphatic rings. The SMILES string of the molecule is COC(=O)N(OC)c1ccccc1COc1cc(C)ccc1C. The van der Waals surface area contributed by atoms with E-state index in [0.29, 0.717) is 12.3 Å². The van der Waals surface area contributed by atoms with E-state index in [9.17, 15) is 4.79 Å². The minimum atomic E-state index is -0.591. The molecule has 0 aromatic heterocycles. The summed E-state index contributed by atoms with van der Waals surface area (Å²) in [4.78, 5) is 16.9. The monoisotopic (exact) mass is 315 g/mol. The molecule has 2 rings (SSSR count). The van der Waals surface area contributed by atoms with Crippen molar-refractivity contribution in [2.24, 2.45) is 0 Å². The molecule has 2 aromatic carbocycles. The van der Waals surface area contributed by atoms with E-state index in [1.165, 1.54) is 14.2 Å². The summed E-state index contributed by atoms with van der Waals surface area (Å²) in [6.45, 7) is 4.33. The zero-order chi connectivity index (χ0) is 16.8. The number of para-hydroxylation sites is 1. The van der Waals surface area contributed by atoms with E-state index in [2.05, 4.69) is 0 Å². The first kappa shape index (κ1) is 16.8. The van der Waals surface area contributed by atoms with Crippen LogP contribution in [0.5, 0.6) is 5.75 Å². The van der Waals surface area contributed by atoms with Gasteiger partial charge in [0.2, 0.25) is 0 Å². The second-order valence-corrected chi connectivity index (χ2v) is 5.13. The topological polar surface area (TPSA) is 48.0 Å². The Labute approximate surface area is 136 Å². The highest BCUT2D eigenvalue weighted by Gasteiger charge is 2.19. The van der Waals surface area contributed by atoms with Gasteiger partial charge in [-0.3, -0.25) is 4.84 Å². The van der Waals surface area contributed by atoms with Crippen LogP contribution < -0.4 is 9.80 Å². The summed E-state index contributed by atoms with van der Waals surface area (Å²) in [7, 11) is 2.73. The number of hydroxylamine groups is 1. The second-order valence-electron chi connectivity index (χ2n) is 5.13. The average molecular weight is 315 g/mol. The van der Waals surface area contributed by atoms with Crippen molar-refractivity contribution in [1.82, 2.24) is 0 Å². The molecule has 5 nitrogen and oxygen atoms in total. The third kappa shape index (κ3) is 4.02.